The molecular formula is C32H34FN5O4. The van der Waals surface area contributed by atoms with Crippen molar-refractivity contribution in [3.8, 4) is 22.7 Å². The van der Waals surface area contributed by atoms with Crippen LogP contribution in [0.5, 0.6) is 5.75 Å². The Morgan fingerprint density at radius 3 is 2.43 bits per heavy atom. The summed E-state index contributed by atoms with van der Waals surface area (Å²) >= 11 is 0. The molecule has 1 aliphatic rings. The van der Waals surface area contributed by atoms with Crippen LogP contribution in [-0.4, -0.2) is 84.2 Å². The van der Waals surface area contributed by atoms with Gasteiger partial charge in [-0.25, -0.2) is 9.37 Å². The van der Waals surface area contributed by atoms with Crippen molar-refractivity contribution in [1.29, 1.82) is 0 Å². The van der Waals surface area contributed by atoms with Crippen molar-refractivity contribution in [3.63, 3.8) is 0 Å². The number of carbonyl (C=O) groups excluding carboxylic acids is 2. The summed E-state index contributed by atoms with van der Waals surface area (Å²) in [6.07, 6.45) is 1.78. The Morgan fingerprint density at radius 1 is 1.02 bits per heavy atom. The van der Waals surface area contributed by atoms with E-state index in [0.29, 0.717) is 49.0 Å². The highest BCUT2D eigenvalue weighted by atomic mass is 19.1. The maximum Gasteiger partial charge on any atom is 0.254 e. The molecule has 9 nitrogen and oxygen atoms in total. The van der Waals surface area contributed by atoms with E-state index in [1.165, 1.54) is 12.1 Å². The van der Waals surface area contributed by atoms with Crippen LogP contribution in [0.15, 0.2) is 79.0 Å². The van der Waals surface area contributed by atoms with Gasteiger partial charge in [-0.05, 0) is 67.1 Å². The molecule has 0 saturated carbocycles. The number of methoxy groups -OCH3 is 1. The maximum atomic E-state index is 13.7. The third-order valence-corrected chi connectivity index (χ3v) is 7.23. The molecule has 0 bridgehead atoms. The minimum Gasteiger partial charge on any atom is -0.497 e. The van der Waals surface area contributed by atoms with Crippen LogP contribution in [0.2, 0.25) is 0 Å². The number of nitrogens with one attached hydrogen (secondary N) is 1. The molecule has 1 fully saturated rings. The van der Waals surface area contributed by atoms with E-state index in [9.17, 15) is 14.0 Å². The normalized spacial score (nSPS) is 13.5. The summed E-state index contributed by atoms with van der Waals surface area (Å²) < 4.78 is 26.1. The van der Waals surface area contributed by atoms with E-state index in [-0.39, 0.29) is 24.2 Å². The first kappa shape index (κ1) is 29.0. The number of imidazole rings is 1. The number of anilines is 1. The summed E-state index contributed by atoms with van der Waals surface area (Å²) in [6, 6.07) is 20.7. The second-order valence-electron chi connectivity index (χ2n) is 10.1. The first-order valence-corrected chi connectivity index (χ1v) is 13.9. The fourth-order valence-corrected chi connectivity index (χ4v) is 4.83. The molecule has 1 aromatic heterocycles. The number of aryl methyl sites for hydroxylation is 1. The third kappa shape index (κ3) is 7.02. The Balaban J connectivity index is 1.39. The van der Waals surface area contributed by atoms with Crippen LogP contribution in [-0.2, 0) is 9.53 Å². The molecule has 0 unspecified atom stereocenters. The second kappa shape index (κ2) is 13.4. The minimum absolute atomic E-state index is 0.161. The second-order valence-corrected chi connectivity index (χ2v) is 10.1. The molecule has 4 aromatic rings. The molecule has 1 N–H and O–H groups in total. The lowest BCUT2D eigenvalue weighted by molar-refractivity contribution is -0.117. The molecule has 2 amide bonds. The van der Waals surface area contributed by atoms with Gasteiger partial charge in [-0.1, -0.05) is 18.2 Å². The van der Waals surface area contributed by atoms with E-state index < -0.39 is 5.91 Å². The standard InChI is InChI=1S/C32H34FN5O4/c1-23-5-3-4-6-28(23)31(40)37(16-15-36-17-19-42-20-18-36)22-30(39)35-32-34-29(24-7-13-27(41-2)14-8-24)21-38(32)26-11-9-25(33)10-12-26/h3-14,21H,15-20,22H2,1-2H3,(H,34,35,39). The van der Waals surface area contributed by atoms with Crippen molar-refractivity contribution in [1.82, 2.24) is 19.4 Å². The van der Waals surface area contributed by atoms with Gasteiger partial charge >= 0.3 is 0 Å². The van der Waals surface area contributed by atoms with E-state index in [4.69, 9.17) is 9.47 Å². The quantitative estimate of drug-likeness (QED) is 0.304. The van der Waals surface area contributed by atoms with Gasteiger partial charge < -0.3 is 14.4 Å². The Bertz CT molecular complexity index is 1510. The van der Waals surface area contributed by atoms with E-state index in [0.717, 1.165) is 24.2 Å². The average molecular weight is 572 g/mol. The number of halogens is 1. The lowest BCUT2D eigenvalue weighted by Gasteiger charge is -2.30. The Hall–Kier alpha value is -4.54. The molecule has 0 radical (unpaired) electrons. The largest absolute Gasteiger partial charge is 0.497 e. The molecule has 10 heteroatoms. The summed E-state index contributed by atoms with van der Waals surface area (Å²) in [6.45, 7) is 5.58. The van der Waals surface area contributed by atoms with Crippen molar-refractivity contribution in [2.24, 2.45) is 0 Å². The number of hydrogen-bond donors (Lipinski definition) is 1. The molecule has 218 valence electrons. The van der Waals surface area contributed by atoms with Gasteiger partial charge in [-0.3, -0.25) is 24.4 Å². The first-order chi connectivity index (χ1) is 20.4. The van der Waals surface area contributed by atoms with Crippen LogP contribution in [0, 0.1) is 12.7 Å². The summed E-state index contributed by atoms with van der Waals surface area (Å²) in [5.41, 5.74) is 3.45. The number of morpholine rings is 1. The van der Waals surface area contributed by atoms with Crippen LogP contribution >= 0.6 is 0 Å². The summed E-state index contributed by atoms with van der Waals surface area (Å²) in [5, 5.41) is 2.89. The zero-order valence-corrected chi connectivity index (χ0v) is 23.8. The van der Waals surface area contributed by atoms with Crippen molar-refractivity contribution < 1.29 is 23.5 Å². The molecule has 1 saturated heterocycles. The van der Waals surface area contributed by atoms with Gasteiger partial charge in [0.15, 0.2) is 0 Å². The van der Waals surface area contributed by atoms with Crippen LogP contribution < -0.4 is 10.1 Å². The van der Waals surface area contributed by atoms with E-state index >= 15 is 0 Å². The molecule has 5 rings (SSSR count). The predicted octanol–water partition coefficient (Wildman–Crippen LogP) is 4.41. The molecule has 2 heterocycles. The van der Waals surface area contributed by atoms with Crippen molar-refractivity contribution in [2.75, 3.05) is 58.4 Å². The van der Waals surface area contributed by atoms with E-state index in [2.05, 4.69) is 15.2 Å². The Morgan fingerprint density at radius 2 is 1.74 bits per heavy atom. The van der Waals surface area contributed by atoms with E-state index in [1.807, 2.05) is 49.4 Å². The van der Waals surface area contributed by atoms with Gasteiger partial charge in [0, 0.05) is 49.2 Å². The average Bonchev–Trinajstić information content (AvgIpc) is 3.43. The Labute approximate surface area is 244 Å². The number of rotatable bonds is 10. The van der Waals surface area contributed by atoms with Gasteiger partial charge in [-0.15, -0.1) is 0 Å². The number of amides is 2. The maximum absolute atomic E-state index is 13.7. The topological polar surface area (TPSA) is 88.9 Å². The molecule has 42 heavy (non-hydrogen) atoms. The number of nitrogens with zero attached hydrogens (tertiary/aromatic N) is 4. The highest BCUT2D eigenvalue weighted by Crippen LogP contribution is 2.26. The predicted molar refractivity (Wildman–Crippen MR) is 158 cm³/mol. The molecule has 0 spiro atoms. The molecule has 0 atom stereocenters. The van der Waals surface area contributed by atoms with Crippen LogP contribution in [0.3, 0.4) is 0 Å². The Kier molecular flexibility index (Phi) is 9.25. The third-order valence-electron chi connectivity index (χ3n) is 7.23. The van der Waals surface area contributed by atoms with Crippen molar-refractivity contribution >= 4 is 17.8 Å². The van der Waals surface area contributed by atoms with Gasteiger partial charge in [0.2, 0.25) is 11.9 Å². The van der Waals surface area contributed by atoms with Crippen LogP contribution in [0.1, 0.15) is 15.9 Å². The summed E-state index contributed by atoms with van der Waals surface area (Å²) in [7, 11) is 1.60. The molecule has 1 aliphatic heterocycles. The number of ether oxygens (including phenoxy) is 2. The lowest BCUT2D eigenvalue weighted by atomic mass is 10.1. The zero-order chi connectivity index (χ0) is 29.5. The minimum atomic E-state index is -0.394. The van der Waals surface area contributed by atoms with Crippen LogP contribution in [0.4, 0.5) is 10.3 Å². The van der Waals surface area contributed by atoms with E-state index in [1.54, 1.807) is 41.0 Å². The number of carbonyl (C=O) groups is 2. The van der Waals surface area contributed by atoms with Crippen molar-refractivity contribution in [3.05, 3.63) is 95.9 Å². The highest BCUT2D eigenvalue weighted by molar-refractivity contribution is 6.00. The summed E-state index contributed by atoms with van der Waals surface area (Å²) in [5.74, 6) is -0.00783. The van der Waals surface area contributed by atoms with Gasteiger partial charge in [0.05, 0.1) is 26.0 Å². The van der Waals surface area contributed by atoms with Crippen LogP contribution in [0.25, 0.3) is 16.9 Å². The lowest BCUT2D eigenvalue weighted by Crippen LogP contribution is -2.45. The number of hydrogen-bond acceptors (Lipinski definition) is 6. The first-order valence-electron chi connectivity index (χ1n) is 13.9. The fourth-order valence-electron chi connectivity index (χ4n) is 4.83. The number of benzene rings is 3. The van der Waals surface area contributed by atoms with Gasteiger partial charge in [0.1, 0.15) is 18.1 Å². The summed E-state index contributed by atoms with van der Waals surface area (Å²) in [4.78, 5) is 35.6. The fraction of sp³-hybridized carbons (Fsp3) is 0.281. The molecular weight excluding hydrogens is 537 g/mol. The SMILES string of the molecule is COc1ccc(-c2cn(-c3ccc(F)cc3)c(NC(=O)CN(CCN3CCOCC3)C(=O)c3ccccc3C)n2)cc1. The number of aromatic nitrogens is 2. The van der Waals surface area contributed by atoms with Gasteiger partial charge in [-0.2, -0.15) is 0 Å². The molecule has 3 aromatic carbocycles. The zero-order valence-electron chi connectivity index (χ0n) is 23.8. The monoisotopic (exact) mass is 571 g/mol. The highest BCUT2D eigenvalue weighted by Gasteiger charge is 2.23. The van der Waals surface area contributed by atoms with Crippen molar-refractivity contribution in [2.45, 2.75) is 6.92 Å². The van der Waals surface area contributed by atoms with Gasteiger partial charge in [0.25, 0.3) is 5.91 Å². The smallest absolute Gasteiger partial charge is 0.254 e. The molecule has 0 aliphatic carbocycles.